The topological polar surface area (TPSA) is 66.5 Å². The van der Waals surface area contributed by atoms with E-state index in [2.05, 4.69) is 12.2 Å². The third kappa shape index (κ3) is 3.43. The first-order chi connectivity index (χ1) is 8.87. The molecule has 0 bridgehead atoms. The van der Waals surface area contributed by atoms with Crippen molar-refractivity contribution in [1.29, 1.82) is 0 Å². The lowest BCUT2D eigenvalue weighted by Crippen LogP contribution is -2.59. The van der Waals surface area contributed by atoms with Gasteiger partial charge in [0, 0.05) is 30.3 Å². The first kappa shape index (κ1) is 18.1. The summed E-state index contributed by atoms with van der Waals surface area (Å²) in [4.78, 5) is 14.5. The number of thioether (sulfide) groups is 1. The molecule has 2 fully saturated rings. The van der Waals surface area contributed by atoms with Gasteiger partial charge < -0.3 is 10.2 Å². The van der Waals surface area contributed by atoms with Crippen LogP contribution >= 0.6 is 24.2 Å². The number of hydrogen-bond acceptors (Lipinski definition) is 5. The van der Waals surface area contributed by atoms with Crippen LogP contribution in [0.15, 0.2) is 0 Å². The molecule has 0 radical (unpaired) electrons. The maximum absolute atomic E-state index is 12.8. The number of hydrogen-bond donors (Lipinski definition) is 1. The summed E-state index contributed by atoms with van der Waals surface area (Å²) in [5.74, 6) is 0.717. The molecule has 2 saturated heterocycles. The van der Waals surface area contributed by atoms with Gasteiger partial charge in [-0.15, -0.1) is 12.4 Å². The SMILES string of the molecule is CC1CN(C(=O)C2(S(C)(=O)=O)CCNCC2)CCS1.Cl. The molecular formula is C12H23ClN2O3S2. The number of carbonyl (C=O) groups excluding carboxylic acids is 1. The Morgan fingerprint density at radius 1 is 1.35 bits per heavy atom. The normalized spacial score (nSPS) is 26.7. The summed E-state index contributed by atoms with van der Waals surface area (Å²) in [5, 5.41) is 3.52. The minimum Gasteiger partial charge on any atom is -0.339 e. The van der Waals surface area contributed by atoms with Crippen LogP contribution in [0.25, 0.3) is 0 Å². The zero-order valence-electron chi connectivity index (χ0n) is 11.9. The van der Waals surface area contributed by atoms with Crippen molar-refractivity contribution in [3.8, 4) is 0 Å². The molecule has 8 heteroatoms. The number of rotatable bonds is 2. The molecule has 0 aromatic heterocycles. The highest BCUT2D eigenvalue weighted by atomic mass is 35.5. The molecule has 0 saturated carbocycles. The first-order valence-corrected chi connectivity index (χ1v) is 9.62. The lowest BCUT2D eigenvalue weighted by molar-refractivity contribution is -0.134. The molecule has 2 aliphatic rings. The van der Waals surface area contributed by atoms with Gasteiger partial charge in [-0.25, -0.2) is 8.42 Å². The van der Waals surface area contributed by atoms with Gasteiger partial charge in [-0.3, -0.25) is 4.79 Å². The predicted molar refractivity (Wildman–Crippen MR) is 85.4 cm³/mol. The maximum atomic E-state index is 12.8. The van der Waals surface area contributed by atoms with E-state index in [1.165, 1.54) is 6.26 Å². The van der Waals surface area contributed by atoms with Crippen LogP contribution in [0.4, 0.5) is 0 Å². The standard InChI is InChI=1S/C12H22N2O3S2.ClH/c1-10-9-14(7-8-18-10)11(15)12(19(2,16)17)3-5-13-6-4-12;/h10,13H,3-9H2,1-2H3;1H. The van der Waals surface area contributed by atoms with Crippen LogP contribution in [0.3, 0.4) is 0 Å². The summed E-state index contributed by atoms with van der Waals surface area (Å²) in [7, 11) is -3.39. The van der Waals surface area contributed by atoms with E-state index >= 15 is 0 Å². The van der Waals surface area contributed by atoms with E-state index in [0.29, 0.717) is 44.3 Å². The molecule has 2 aliphatic heterocycles. The van der Waals surface area contributed by atoms with Crippen molar-refractivity contribution >= 4 is 39.9 Å². The second-order valence-corrected chi connectivity index (χ2v) is 9.32. The van der Waals surface area contributed by atoms with Crippen LogP contribution in [-0.2, 0) is 14.6 Å². The van der Waals surface area contributed by atoms with Crippen molar-refractivity contribution in [1.82, 2.24) is 10.2 Å². The third-order valence-corrected chi connectivity index (χ3v) is 7.18. The summed E-state index contributed by atoms with van der Waals surface area (Å²) in [5.41, 5.74) is 0. The van der Waals surface area contributed by atoms with Gasteiger partial charge in [-0.05, 0) is 25.9 Å². The third-order valence-electron chi connectivity index (χ3n) is 4.04. The van der Waals surface area contributed by atoms with E-state index in [9.17, 15) is 13.2 Å². The minimum atomic E-state index is -3.39. The van der Waals surface area contributed by atoms with Crippen molar-refractivity contribution < 1.29 is 13.2 Å². The fourth-order valence-corrected chi connectivity index (χ4v) is 5.27. The zero-order valence-corrected chi connectivity index (χ0v) is 14.4. The van der Waals surface area contributed by atoms with Gasteiger partial charge in [0.25, 0.3) is 0 Å². The Balaban J connectivity index is 0.00000200. The molecule has 1 amide bonds. The Kier molecular flexibility index (Phi) is 6.19. The Morgan fingerprint density at radius 2 is 1.95 bits per heavy atom. The summed E-state index contributed by atoms with van der Waals surface area (Å²) in [6, 6.07) is 0. The molecule has 1 atom stereocenters. The molecule has 0 aliphatic carbocycles. The molecule has 2 rings (SSSR count). The quantitative estimate of drug-likeness (QED) is 0.793. The molecule has 118 valence electrons. The molecule has 5 nitrogen and oxygen atoms in total. The van der Waals surface area contributed by atoms with Crippen molar-refractivity contribution in [3.05, 3.63) is 0 Å². The van der Waals surface area contributed by atoms with Crippen molar-refractivity contribution in [2.75, 3.05) is 38.2 Å². The Labute approximate surface area is 131 Å². The van der Waals surface area contributed by atoms with E-state index in [0.717, 1.165) is 5.75 Å². The van der Waals surface area contributed by atoms with Crippen LogP contribution in [0, 0.1) is 0 Å². The second-order valence-electron chi connectivity index (χ2n) is 5.45. The Morgan fingerprint density at radius 3 is 2.45 bits per heavy atom. The van der Waals surface area contributed by atoms with E-state index in [4.69, 9.17) is 0 Å². The summed E-state index contributed by atoms with van der Waals surface area (Å²) in [6.07, 6.45) is 1.99. The summed E-state index contributed by atoms with van der Waals surface area (Å²) in [6.45, 7) is 4.60. The number of amides is 1. The van der Waals surface area contributed by atoms with E-state index < -0.39 is 14.6 Å². The molecule has 20 heavy (non-hydrogen) atoms. The Bertz CT molecular complexity index is 450. The number of piperidine rings is 1. The van der Waals surface area contributed by atoms with Gasteiger partial charge >= 0.3 is 0 Å². The van der Waals surface area contributed by atoms with Crippen LogP contribution in [0.1, 0.15) is 19.8 Å². The summed E-state index contributed by atoms with van der Waals surface area (Å²) >= 11 is 1.84. The molecular weight excluding hydrogens is 320 g/mol. The van der Waals surface area contributed by atoms with E-state index in [1.807, 2.05) is 11.8 Å². The fourth-order valence-electron chi connectivity index (χ4n) is 2.86. The van der Waals surface area contributed by atoms with Crippen molar-refractivity contribution in [3.63, 3.8) is 0 Å². The van der Waals surface area contributed by atoms with Crippen LogP contribution in [-0.4, -0.2) is 67.4 Å². The molecule has 0 aromatic carbocycles. The second kappa shape index (κ2) is 6.85. The van der Waals surface area contributed by atoms with Crippen LogP contribution < -0.4 is 5.32 Å². The van der Waals surface area contributed by atoms with Gasteiger partial charge in [0.1, 0.15) is 0 Å². The van der Waals surface area contributed by atoms with Crippen molar-refractivity contribution in [2.24, 2.45) is 0 Å². The van der Waals surface area contributed by atoms with E-state index in [1.54, 1.807) is 4.90 Å². The van der Waals surface area contributed by atoms with Gasteiger partial charge in [0.05, 0.1) is 0 Å². The largest absolute Gasteiger partial charge is 0.339 e. The van der Waals surface area contributed by atoms with Crippen LogP contribution in [0.2, 0.25) is 0 Å². The monoisotopic (exact) mass is 342 g/mol. The van der Waals surface area contributed by atoms with Gasteiger partial charge in [-0.2, -0.15) is 11.8 Å². The minimum absolute atomic E-state index is 0. The average Bonchev–Trinajstić information content (AvgIpc) is 2.37. The first-order valence-electron chi connectivity index (χ1n) is 6.68. The molecule has 0 aromatic rings. The number of nitrogens with one attached hydrogen (secondary N) is 1. The highest BCUT2D eigenvalue weighted by Gasteiger charge is 2.50. The predicted octanol–water partition coefficient (Wildman–Crippen LogP) is 0.539. The van der Waals surface area contributed by atoms with Gasteiger partial charge in [0.15, 0.2) is 14.6 Å². The maximum Gasteiger partial charge on any atom is 0.244 e. The lowest BCUT2D eigenvalue weighted by Gasteiger charge is -2.40. The lowest BCUT2D eigenvalue weighted by atomic mass is 9.95. The molecule has 0 spiro atoms. The van der Waals surface area contributed by atoms with Gasteiger partial charge in [0.2, 0.25) is 5.91 Å². The number of carbonyl (C=O) groups is 1. The van der Waals surface area contributed by atoms with Crippen molar-refractivity contribution in [2.45, 2.75) is 29.8 Å². The molecule has 1 N–H and O–H groups in total. The molecule has 2 heterocycles. The molecule has 1 unspecified atom stereocenters. The fraction of sp³-hybridized carbons (Fsp3) is 0.917. The Hall–Kier alpha value is 0.0200. The highest BCUT2D eigenvalue weighted by Crippen LogP contribution is 2.31. The smallest absolute Gasteiger partial charge is 0.244 e. The number of halogens is 1. The number of sulfone groups is 1. The van der Waals surface area contributed by atoms with E-state index in [-0.39, 0.29) is 18.3 Å². The average molecular weight is 343 g/mol. The summed E-state index contributed by atoms with van der Waals surface area (Å²) < 4.78 is 23.2. The zero-order chi connectivity index (χ0) is 14.1. The number of nitrogens with zero attached hydrogens (tertiary/aromatic N) is 1. The highest BCUT2D eigenvalue weighted by molar-refractivity contribution is 8.00. The van der Waals surface area contributed by atoms with Gasteiger partial charge in [-0.1, -0.05) is 6.92 Å². The van der Waals surface area contributed by atoms with Crippen LogP contribution in [0.5, 0.6) is 0 Å².